The van der Waals surface area contributed by atoms with Gasteiger partial charge in [-0.05, 0) is 20.3 Å². The van der Waals surface area contributed by atoms with Crippen molar-refractivity contribution in [3.8, 4) is 0 Å². The number of amides is 1. The maximum Gasteiger partial charge on any atom is 0.255 e. The van der Waals surface area contributed by atoms with E-state index >= 15 is 0 Å². The Hall–Kier alpha value is -1.89. The van der Waals surface area contributed by atoms with Gasteiger partial charge in [0, 0.05) is 18.7 Å². The van der Waals surface area contributed by atoms with Crippen LogP contribution in [0, 0.1) is 12.3 Å². The molecule has 1 unspecified atom stereocenters. The lowest BCUT2D eigenvalue weighted by atomic mass is 9.89. The van der Waals surface area contributed by atoms with Gasteiger partial charge in [0.2, 0.25) is 5.91 Å². The zero-order valence-electron chi connectivity index (χ0n) is 11.3. The summed E-state index contributed by atoms with van der Waals surface area (Å²) in [7, 11) is 0. The van der Waals surface area contributed by atoms with Crippen LogP contribution in [0.25, 0.3) is 5.78 Å². The number of fused-ring (bicyclic) bond motifs is 1. The van der Waals surface area contributed by atoms with Crippen LogP contribution in [0.3, 0.4) is 0 Å². The summed E-state index contributed by atoms with van der Waals surface area (Å²) >= 11 is 6.15. The molecule has 2 aromatic rings. The summed E-state index contributed by atoms with van der Waals surface area (Å²) < 4.78 is 1.65. The zero-order valence-corrected chi connectivity index (χ0v) is 12.1. The standard InChI is InChI=1S/C12H15ClN6O/c1-7-8(13)17-11-15-6-16-19(11)9(7)18-4-3-12(2,5-18)10(14)20/h6H,3-5H2,1-2H3,(H2,14,20). The zero-order chi connectivity index (χ0) is 14.5. The van der Waals surface area contributed by atoms with Gasteiger partial charge in [-0.15, -0.1) is 0 Å². The molecule has 0 saturated carbocycles. The first-order chi connectivity index (χ1) is 9.42. The van der Waals surface area contributed by atoms with E-state index in [4.69, 9.17) is 17.3 Å². The summed E-state index contributed by atoms with van der Waals surface area (Å²) in [6.45, 7) is 5.02. The Kier molecular flexibility index (Phi) is 2.82. The number of carbonyl (C=O) groups is 1. The average molecular weight is 295 g/mol. The molecule has 0 aliphatic carbocycles. The van der Waals surface area contributed by atoms with E-state index in [0.717, 1.165) is 17.9 Å². The van der Waals surface area contributed by atoms with Gasteiger partial charge in [-0.2, -0.15) is 19.6 Å². The third-order valence-electron chi connectivity index (χ3n) is 3.94. The van der Waals surface area contributed by atoms with Gasteiger partial charge in [0.05, 0.1) is 5.41 Å². The monoisotopic (exact) mass is 294 g/mol. The minimum absolute atomic E-state index is 0.285. The number of hydrogen-bond donors (Lipinski definition) is 1. The molecule has 7 nitrogen and oxygen atoms in total. The highest BCUT2D eigenvalue weighted by Gasteiger charge is 2.40. The van der Waals surface area contributed by atoms with E-state index in [1.165, 1.54) is 6.33 Å². The van der Waals surface area contributed by atoms with Crippen LogP contribution in [0.1, 0.15) is 18.9 Å². The maximum atomic E-state index is 11.6. The molecule has 3 heterocycles. The fraction of sp³-hybridized carbons (Fsp3) is 0.500. The highest BCUT2D eigenvalue weighted by atomic mass is 35.5. The minimum Gasteiger partial charge on any atom is -0.369 e. The highest BCUT2D eigenvalue weighted by molar-refractivity contribution is 6.30. The molecular formula is C12H15ClN6O. The van der Waals surface area contributed by atoms with Crippen LogP contribution in [0.2, 0.25) is 5.15 Å². The number of hydrogen-bond acceptors (Lipinski definition) is 5. The van der Waals surface area contributed by atoms with Crippen LogP contribution in [0.5, 0.6) is 0 Å². The molecule has 1 fully saturated rings. The molecule has 0 bridgehead atoms. The molecule has 1 amide bonds. The number of anilines is 1. The Balaban J connectivity index is 2.09. The van der Waals surface area contributed by atoms with Crippen molar-refractivity contribution < 1.29 is 4.79 Å². The Morgan fingerprint density at radius 3 is 2.95 bits per heavy atom. The second kappa shape index (κ2) is 4.31. The topological polar surface area (TPSA) is 89.4 Å². The van der Waals surface area contributed by atoms with E-state index in [2.05, 4.69) is 20.0 Å². The first-order valence-electron chi connectivity index (χ1n) is 6.33. The van der Waals surface area contributed by atoms with E-state index in [1.807, 2.05) is 13.8 Å². The second-order valence-corrected chi connectivity index (χ2v) is 5.78. The van der Waals surface area contributed by atoms with Gasteiger partial charge >= 0.3 is 0 Å². The van der Waals surface area contributed by atoms with Crippen LogP contribution in [-0.4, -0.2) is 38.6 Å². The van der Waals surface area contributed by atoms with Gasteiger partial charge in [0.1, 0.15) is 17.3 Å². The first kappa shape index (κ1) is 13.1. The van der Waals surface area contributed by atoms with E-state index < -0.39 is 5.41 Å². The quantitative estimate of drug-likeness (QED) is 0.827. The normalized spacial score (nSPS) is 22.6. The number of nitrogens with two attached hydrogens (primary N) is 1. The number of halogens is 1. The van der Waals surface area contributed by atoms with Gasteiger partial charge in [0.15, 0.2) is 0 Å². The number of rotatable bonds is 2. The van der Waals surface area contributed by atoms with Crippen LogP contribution in [0.15, 0.2) is 6.33 Å². The number of aromatic nitrogens is 4. The third-order valence-corrected chi connectivity index (χ3v) is 4.31. The van der Waals surface area contributed by atoms with Crippen molar-refractivity contribution in [2.45, 2.75) is 20.3 Å². The Morgan fingerprint density at radius 1 is 1.55 bits per heavy atom. The summed E-state index contributed by atoms with van der Waals surface area (Å²) in [5.41, 5.74) is 5.78. The van der Waals surface area contributed by atoms with E-state index in [1.54, 1.807) is 4.52 Å². The summed E-state index contributed by atoms with van der Waals surface area (Å²) in [6, 6.07) is 0. The van der Waals surface area contributed by atoms with Gasteiger partial charge in [-0.3, -0.25) is 4.79 Å². The highest BCUT2D eigenvalue weighted by Crippen LogP contribution is 2.35. The lowest BCUT2D eigenvalue weighted by Gasteiger charge is -2.24. The van der Waals surface area contributed by atoms with Crippen molar-refractivity contribution in [2.75, 3.05) is 18.0 Å². The summed E-state index contributed by atoms with van der Waals surface area (Å²) in [5.74, 6) is 0.985. The molecule has 0 radical (unpaired) electrons. The van der Waals surface area contributed by atoms with Crippen molar-refractivity contribution >= 4 is 29.1 Å². The van der Waals surface area contributed by atoms with Crippen molar-refractivity contribution in [3.63, 3.8) is 0 Å². The summed E-state index contributed by atoms with van der Waals surface area (Å²) in [5, 5.41) is 4.58. The Morgan fingerprint density at radius 2 is 2.30 bits per heavy atom. The molecule has 20 heavy (non-hydrogen) atoms. The molecule has 2 N–H and O–H groups in total. The lowest BCUT2D eigenvalue weighted by molar-refractivity contribution is -0.125. The SMILES string of the molecule is Cc1c(Cl)nc2ncnn2c1N1CCC(C)(C(N)=O)C1. The maximum absolute atomic E-state index is 11.6. The smallest absolute Gasteiger partial charge is 0.255 e. The molecular weight excluding hydrogens is 280 g/mol. The molecule has 8 heteroatoms. The Labute approximate surface area is 120 Å². The number of carbonyl (C=O) groups excluding carboxylic acids is 1. The fourth-order valence-corrected chi connectivity index (χ4v) is 2.76. The van der Waals surface area contributed by atoms with Crippen molar-refractivity contribution in [1.29, 1.82) is 0 Å². The molecule has 0 aromatic carbocycles. The third kappa shape index (κ3) is 1.81. The van der Waals surface area contributed by atoms with Gasteiger partial charge in [0.25, 0.3) is 5.78 Å². The van der Waals surface area contributed by atoms with E-state index in [-0.39, 0.29) is 5.91 Å². The van der Waals surface area contributed by atoms with Gasteiger partial charge < -0.3 is 10.6 Å². The minimum atomic E-state index is -0.533. The first-order valence-corrected chi connectivity index (χ1v) is 6.71. The van der Waals surface area contributed by atoms with Crippen LogP contribution < -0.4 is 10.6 Å². The van der Waals surface area contributed by atoms with Crippen LogP contribution >= 0.6 is 11.6 Å². The predicted molar refractivity (Wildman–Crippen MR) is 74.7 cm³/mol. The van der Waals surface area contributed by atoms with Crippen molar-refractivity contribution in [2.24, 2.45) is 11.1 Å². The fourth-order valence-electron chi connectivity index (χ4n) is 2.60. The van der Waals surface area contributed by atoms with Crippen LogP contribution in [-0.2, 0) is 4.79 Å². The molecule has 3 rings (SSSR count). The summed E-state index contributed by atoms with van der Waals surface area (Å²) in [6.07, 6.45) is 2.14. The second-order valence-electron chi connectivity index (χ2n) is 5.42. The predicted octanol–water partition coefficient (Wildman–Crippen LogP) is 0.788. The average Bonchev–Trinajstić information content (AvgIpc) is 2.98. The molecule has 1 aliphatic rings. The molecule has 1 saturated heterocycles. The largest absolute Gasteiger partial charge is 0.369 e. The summed E-state index contributed by atoms with van der Waals surface area (Å²) in [4.78, 5) is 21.9. The number of primary amides is 1. The Bertz CT molecular complexity index is 699. The molecule has 1 aliphatic heterocycles. The lowest BCUT2D eigenvalue weighted by Crippen LogP contribution is -2.37. The molecule has 106 valence electrons. The van der Waals surface area contributed by atoms with Gasteiger partial charge in [-0.1, -0.05) is 11.6 Å². The van der Waals surface area contributed by atoms with Crippen molar-refractivity contribution in [3.05, 3.63) is 17.0 Å². The molecule has 2 aromatic heterocycles. The van der Waals surface area contributed by atoms with E-state index in [0.29, 0.717) is 23.9 Å². The van der Waals surface area contributed by atoms with Crippen molar-refractivity contribution in [1.82, 2.24) is 19.6 Å². The number of nitrogens with zero attached hydrogens (tertiary/aromatic N) is 5. The molecule has 1 atom stereocenters. The van der Waals surface area contributed by atoms with Crippen LogP contribution in [0.4, 0.5) is 5.82 Å². The molecule has 0 spiro atoms. The van der Waals surface area contributed by atoms with Gasteiger partial charge in [-0.25, -0.2) is 0 Å². The van der Waals surface area contributed by atoms with E-state index in [9.17, 15) is 4.79 Å².